The van der Waals surface area contributed by atoms with Gasteiger partial charge in [-0.15, -0.1) is 0 Å². The van der Waals surface area contributed by atoms with E-state index in [0.717, 1.165) is 0 Å². The molecule has 2 nitrogen and oxygen atoms in total. The summed E-state index contributed by atoms with van der Waals surface area (Å²) in [5, 5.41) is 0. The van der Waals surface area contributed by atoms with E-state index >= 15 is 0 Å². The minimum Gasteiger partial charge on any atom is -0.496 e. The molecule has 0 rings (SSSR count). The van der Waals surface area contributed by atoms with Gasteiger partial charge >= 0.3 is 0 Å². The van der Waals surface area contributed by atoms with E-state index in [1.807, 2.05) is 0 Å². The Balaban J connectivity index is 3.37. The van der Waals surface area contributed by atoms with Gasteiger partial charge in [0, 0.05) is 7.05 Å². The van der Waals surface area contributed by atoms with Crippen molar-refractivity contribution in [2.75, 3.05) is 14.2 Å². The first kappa shape index (κ1) is 6.21. The Morgan fingerprint density at radius 3 is 2.57 bits per heavy atom. The lowest BCUT2D eigenvalue weighted by atomic mass is 10.6. The van der Waals surface area contributed by atoms with Crippen molar-refractivity contribution in [1.29, 1.82) is 0 Å². The Morgan fingerprint density at radius 1 is 1.86 bits per heavy atom. The molecule has 0 N–H and O–H groups in total. The lowest BCUT2D eigenvalue weighted by Crippen LogP contribution is -1.82. The fourth-order valence-electron chi connectivity index (χ4n) is 0.197. The molecule has 0 saturated heterocycles. The number of nitrogens with zero attached hydrogens (tertiary/aromatic N) is 1. The molecule has 0 heterocycles. The summed E-state index contributed by atoms with van der Waals surface area (Å²) in [5.74, 6) is 0.586. The number of ether oxygens (including phenoxy) is 1. The van der Waals surface area contributed by atoms with Gasteiger partial charge in [-0.3, -0.25) is 4.99 Å². The highest BCUT2D eigenvalue weighted by atomic mass is 16.5. The highest BCUT2D eigenvalue weighted by Gasteiger charge is 1.76. The van der Waals surface area contributed by atoms with E-state index in [-0.39, 0.29) is 0 Å². The van der Waals surface area contributed by atoms with Gasteiger partial charge in [0.15, 0.2) is 0 Å². The molecule has 0 aromatic carbocycles. The monoisotopic (exact) mass is 99.1 g/mol. The van der Waals surface area contributed by atoms with Gasteiger partial charge < -0.3 is 4.74 Å². The first-order valence-electron chi connectivity index (χ1n) is 1.96. The zero-order valence-electron chi connectivity index (χ0n) is 4.64. The summed E-state index contributed by atoms with van der Waals surface area (Å²) in [7, 11) is 3.23. The summed E-state index contributed by atoms with van der Waals surface area (Å²) in [6, 6.07) is 0. The van der Waals surface area contributed by atoms with Crippen molar-refractivity contribution >= 4 is 6.21 Å². The van der Waals surface area contributed by atoms with Gasteiger partial charge in [-0.05, 0) is 0 Å². The van der Waals surface area contributed by atoms with Gasteiger partial charge in [0.05, 0.1) is 13.3 Å². The van der Waals surface area contributed by atoms with E-state index in [0.29, 0.717) is 5.76 Å². The summed E-state index contributed by atoms with van der Waals surface area (Å²) in [6.07, 6.45) is 1.56. The SMILES string of the molecule is C=C(/C=N\C)OC. The van der Waals surface area contributed by atoms with Crippen LogP contribution < -0.4 is 0 Å². The first-order chi connectivity index (χ1) is 3.31. The van der Waals surface area contributed by atoms with Crippen LogP contribution in [0.15, 0.2) is 17.3 Å². The fraction of sp³-hybridized carbons (Fsp3) is 0.400. The second-order valence-corrected chi connectivity index (χ2v) is 1.06. The van der Waals surface area contributed by atoms with Crippen molar-refractivity contribution in [1.82, 2.24) is 0 Å². The molecule has 0 saturated carbocycles. The molecule has 0 aliphatic heterocycles. The quantitative estimate of drug-likeness (QED) is 0.371. The maximum Gasteiger partial charge on any atom is 0.129 e. The van der Waals surface area contributed by atoms with Gasteiger partial charge in [-0.2, -0.15) is 0 Å². The van der Waals surface area contributed by atoms with Crippen LogP contribution in [0.25, 0.3) is 0 Å². The number of aliphatic imine (C=N–C) groups is 1. The van der Waals surface area contributed by atoms with Crippen LogP contribution in [0.2, 0.25) is 0 Å². The summed E-state index contributed by atoms with van der Waals surface area (Å²) in [5.41, 5.74) is 0. The Kier molecular flexibility index (Phi) is 3.02. The van der Waals surface area contributed by atoms with E-state index in [2.05, 4.69) is 16.3 Å². The second kappa shape index (κ2) is 3.40. The second-order valence-electron chi connectivity index (χ2n) is 1.06. The number of hydrogen-bond donors (Lipinski definition) is 0. The minimum atomic E-state index is 0.586. The molecule has 0 amide bonds. The third-order valence-corrected chi connectivity index (χ3v) is 0.535. The van der Waals surface area contributed by atoms with Gasteiger partial charge in [0.1, 0.15) is 5.76 Å². The maximum atomic E-state index is 4.65. The number of allylic oxidation sites excluding steroid dienone is 1. The van der Waals surface area contributed by atoms with Crippen LogP contribution in [0.3, 0.4) is 0 Å². The van der Waals surface area contributed by atoms with Crippen molar-refractivity contribution < 1.29 is 4.74 Å². The van der Waals surface area contributed by atoms with E-state index in [1.165, 1.54) is 0 Å². The van der Waals surface area contributed by atoms with E-state index in [9.17, 15) is 0 Å². The number of hydrogen-bond acceptors (Lipinski definition) is 2. The molecule has 0 atom stereocenters. The standard InChI is InChI=1S/C5H9NO/c1-5(7-3)4-6-2/h4H,1H2,2-3H3/b6-4-. The normalized spacial score (nSPS) is 9.43. The Bertz CT molecular complexity index is 86.1. The molecule has 40 valence electrons. The van der Waals surface area contributed by atoms with Gasteiger partial charge in [-0.25, -0.2) is 0 Å². The summed E-state index contributed by atoms with van der Waals surface area (Å²) in [6.45, 7) is 3.49. The van der Waals surface area contributed by atoms with Crippen LogP contribution in [-0.2, 0) is 4.74 Å². The third kappa shape index (κ3) is 3.03. The molecule has 0 radical (unpaired) electrons. The van der Waals surface area contributed by atoms with E-state index in [4.69, 9.17) is 0 Å². The molecule has 2 heteroatoms. The van der Waals surface area contributed by atoms with Crippen molar-refractivity contribution in [2.45, 2.75) is 0 Å². The topological polar surface area (TPSA) is 21.6 Å². The van der Waals surface area contributed by atoms with Crippen molar-refractivity contribution in [3.63, 3.8) is 0 Å². The van der Waals surface area contributed by atoms with Crippen LogP contribution in [-0.4, -0.2) is 20.4 Å². The van der Waals surface area contributed by atoms with Crippen LogP contribution in [0.4, 0.5) is 0 Å². The average molecular weight is 99.1 g/mol. The summed E-state index contributed by atoms with van der Waals surface area (Å²) >= 11 is 0. The number of methoxy groups -OCH3 is 1. The summed E-state index contributed by atoms with van der Waals surface area (Å²) < 4.78 is 4.65. The Morgan fingerprint density at radius 2 is 2.43 bits per heavy atom. The highest BCUT2D eigenvalue weighted by Crippen LogP contribution is 1.80. The van der Waals surface area contributed by atoms with Crippen molar-refractivity contribution in [3.05, 3.63) is 12.3 Å². The molecule has 0 spiro atoms. The molecule has 0 bridgehead atoms. The van der Waals surface area contributed by atoms with Crippen LogP contribution in [0, 0.1) is 0 Å². The largest absolute Gasteiger partial charge is 0.496 e. The van der Waals surface area contributed by atoms with E-state index < -0.39 is 0 Å². The first-order valence-corrected chi connectivity index (χ1v) is 1.96. The van der Waals surface area contributed by atoms with E-state index in [1.54, 1.807) is 20.4 Å². The molecule has 0 unspecified atom stereocenters. The Labute approximate surface area is 43.5 Å². The van der Waals surface area contributed by atoms with Gasteiger partial charge in [0.2, 0.25) is 0 Å². The lowest BCUT2D eigenvalue weighted by Gasteiger charge is -1.91. The fourth-order valence-corrected chi connectivity index (χ4v) is 0.197. The van der Waals surface area contributed by atoms with Crippen LogP contribution in [0.1, 0.15) is 0 Å². The van der Waals surface area contributed by atoms with Gasteiger partial charge in [0.25, 0.3) is 0 Å². The number of rotatable bonds is 2. The zero-order chi connectivity index (χ0) is 5.70. The molecular formula is C5H9NO. The molecule has 0 aliphatic rings. The van der Waals surface area contributed by atoms with Gasteiger partial charge in [-0.1, -0.05) is 6.58 Å². The van der Waals surface area contributed by atoms with Crippen LogP contribution in [0.5, 0.6) is 0 Å². The van der Waals surface area contributed by atoms with Crippen LogP contribution >= 0.6 is 0 Å². The smallest absolute Gasteiger partial charge is 0.129 e. The van der Waals surface area contributed by atoms with Crippen molar-refractivity contribution in [3.8, 4) is 0 Å². The minimum absolute atomic E-state index is 0.586. The maximum absolute atomic E-state index is 4.65. The summed E-state index contributed by atoms with van der Waals surface area (Å²) in [4.78, 5) is 3.66. The molecule has 7 heavy (non-hydrogen) atoms. The highest BCUT2D eigenvalue weighted by molar-refractivity contribution is 5.74. The molecule has 0 aliphatic carbocycles. The predicted octanol–water partition coefficient (Wildman–Crippen LogP) is 0.847. The molecular weight excluding hydrogens is 90.1 g/mol. The zero-order valence-corrected chi connectivity index (χ0v) is 4.64. The Hall–Kier alpha value is -0.790. The average Bonchev–Trinajstić information content (AvgIpc) is 1.68. The molecule has 0 aromatic heterocycles. The third-order valence-electron chi connectivity index (χ3n) is 0.535. The van der Waals surface area contributed by atoms with Crippen molar-refractivity contribution in [2.24, 2.45) is 4.99 Å². The molecule has 0 fully saturated rings. The lowest BCUT2D eigenvalue weighted by molar-refractivity contribution is 0.319. The molecule has 0 aromatic rings. The predicted molar refractivity (Wildman–Crippen MR) is 30.6 cm³/mol.